The van der Waals surface area contributed by atoms with E-state index < -0.39 is 0 Å². The first-order valence-electron chi connectivity index (χ1n) is 7.76. The van der Waals surface area contributed by atoms with Crippen LogP contribution in [-0.4, -0.2) is 37.1 Å². The second kappa shape index (κ2) is 6.63. The molecule has 0 saturated heterocycles. The Morgan fingerprint density at radius 3 is 2.89 bits per heavy atom. The largest absolute Gasteiger partial charge is 0.495 e. The fourth-order valence-electron chi connectivity index (χ4n) is 2.62. The highest BCUT2D eigenvalue weighted by atomic mass is 35.5. The first-order chi connectivity index (χ1) is 13.0. The van der Waals surface area contributed by atoms with Crippen LogP contribution in [0.5, 0.6) is 5.75 Å². The van der Waals surface area contributed by atoms with Crippen LogP contribution in [0, 0.1) is 0 Å². The van der Waals surface area contributed by atoms with Gasteiger partial charge in [-0.2, -0.15) is 0 Å². The van der Waals surface area contributed by atoms with Gasteiger partial charge in [-0.15, -0.1) is 0 Å². The first kappa shape index (κ1) is 17.4. The number of imidazole rings is 1. The molecule has 27 heavy (non-hydrogen) atoms. The van der Waals surface area contributed by atoms with Crippen LogP contribution in [0.15, 0.2) is 29.6 Å². The van der Waals surface area contributed by atoms with E-state index in [1.807, 2.05) is 0 Å². The van der Waals surface area contributed by atoms with E-state index >= 15 is 0 Å². The number of carbonyl (C=O) groups is 1. The lowest BCUT2D eigenvalue weighted by Gasteiger charge is -2.04. The number of hydrogen-bond donors (Lipinski definition) is 1. The number of halogens is 1. The maximum Gasteiger partial charge on any atom is 0.279 e. The average molecular weight is 405 g/mol. The van der Waals surface area contributed by atoms with Crippen molar-refractivity contribution in [2.45, 2.75) is 6.54 Å². The summed E-state index contributed by atoms with van der Waals surface area (Å²) in [6, 6.07) is 3.45. The fraction of sp³-hybridized carbons (Fsp3) is 0.188. The van der Waals surface area contributed by atoms with Crippen LogP contribution in [0.25, 0.3) is 21.4 Å². The van der Waals surface area contributed by atoms with Crippen molar-refractivity contribution >= 4 is 55.4 Å². The monoisotopic (exact) mass is 404 g/mol. The highest BCUT2D eigenvalue weighted by Gasteiger charge is 2.14. The second-order valence-electron chi connectivity index (χ2n) is 5.73. The Hall–Kier alpha value is -2.98. The van der Waals surface area contributed by atoms with E-state index in [1.54, 1.807) is 19.2 Å². The van der Waals surface area contributed by atoms with Gasteiger partial charge in [0.1, 0.15) is 12.3 Å². The highest BCUT2D eigenvalue weighted by Crippen LogP contribution is 2.34. The number of ether oxygens (including phenoxy) is 1. The van der Waals surface area contributed by atoms with Crippen LogP contribution in [0.1, 0.15) is 0 Å². The molecule has 0 aliphatic rings. The van der Waals surface area contributed by atoms with Gasteiger partial charge in [-0.05, 0) is 6.07 Å². The molecule has 0 spiro atoms. The zero-order chi connectivity index (χ0) is 19.1. The summed E-state index contributed by atoms with van der Waals surface area (Å²) in [5.41, 5.74) is 0.971. The number of nitrogens with one attached hydrogen (secondary N) is 1. The molecule has 0 aliphatic heterocycles. The molecule has 0 radical (unpaired) electrons. The highest BCUT2D eigenvalue weighted by molar-refractivity contribution is 7.22. The van der Waals surface area contributed by atoms with Gasteiger partial charge in [0.05, 0.1) is 35.0 Å². The summed E-state index contributed by atoms with van der Waals surface area (Å²) in [6.07, 6.45) is 2.81. The summed E-state index contributed by atoms with van der Waals surface area (Å²) in [5, 5.41) is 3.63. The van der Waals surface area contributed by atoms with Gasteiger partial charge < -0.3 is 19.2 Å². The van der Waals surface area contributed by atoms with Crippen molar-refractivity contribution in [1.29, 1.82) is 0 Å². The number of rotatable bonds is 4. The Morgan fingerprint density at radius 2 is 2.11 bits per heavy atom. The van der Waals surface area contributed by atoms with Gasteiger partial charge in [0.25, 0.3) is 5.56 Å². The van der Waals surface area contributed by atoms with Crippen LogP contribution in [-0.2, 0) is 18.4 Å². The molecule has 1 aromatic carbocycles. The Balaban J connectivity index is 1.59. The number of aryl methyl sites for hydroxylation is 1. The smallest absolute Gasteiger partial charge is 0.279 e. The Morgan fingerprint density at radius 1 is 1.33 bits per heavy atom. The summed E-state index contributed by atoms with van der Waals surface area (Å²) in [5.74, 6) is 0.179. The number of methoxy groups -OCH3 is 1. The standard InChI is InChI=1S/C16H13ClN6O3S/c1-22-6-18-14-13(15(22)25)23(7-19-14)5-12(24)21-16-20-9-4-10(26-2)8(17)3-11(9)27-16/h3-4,6-7H,5H2,1-2H3,(H,20,21,24). The van der Waals surface area contributed by atoms with Crippen molar-refractivity contribution < 1.29 is 9.53 Å². The molecule has 0 fully saturated rings. The predicted octanol–water partition coefficient (Wildman–Crippen LogP) is 2.04. The van der Waals surface area contributed by atoms with Crippen molar-refractivity contribution in [2.75, 3.05) is 12.4 Å². The third-order valence-corrected chi connectivity index (χ3v) is 5.15. The van der Waals surface area contributed by atoms with E-state index in [2.05, 4.69) is 20.3 Å². The third kappa shape index (κ3) is 3.13. The van der Waals surface area contributed by atoms with Gasteiger partial charge in [-0.3, -0.25) is 9.59 Å². The molecule has 1 N–H and O–H groups in total. The second-order valence-corrected chi connectivity index (χ2v) is 7.16. The minimum absolute atomic E-state index is 0.0859. The van der Waals surface area contributed by atoms with Gasteiger partial charge >= 0.3 is 0 Å². The molecule has 0 saturated carbocycles. The molecule has 0 unspecified atom stereocenters. The quantitative estimate of drug-likeness (QED) is 0.558. The SMILES string of the molecule is COc1cc2nc(NC(=O)Cn3cnc4ncn(C)c(=O)c43)sc2cc1Cl. The van der Waals surface area contributed by atoms with E-state index in [0.29, 0.717) is 27.1 Å². The summed E-state index contributed by atoms with van der Waals surface area (Å²) >= 11 is 7.41. The van der Waals surface area contributed by atoms with E-state index in [9.17, 15) is 9.59 Å². The average Bonchev–Trinajstić information content (AvgIpc) is 3.20. The lowest BCUT2D eigenvalue weighted by molar-refractivity contribution is -0.116. The molecule has 4 rings (SSSR count). The van der Waals surface area contributed by atoms with Gasteiger partial charge in [0.15, 0.2) is 16.3 Å². The molecule has 0 bridgehead atoms. The van der Waals surface area contributed by atoms with Crippen LogP contribution >= 0.6 is 22.9 Å². The number of nitrogens with zero attached hydrogens (tertiary/aromatic N) is 5. The van der Waals surface area contributed by atoms with Crippen LogP contribution in [0.2, 0.25) is 5.02 Å². The van der Waals surface area contributed by atoms with Crippen molar-refractivity contribution in [1.82, 2.24) is 24.1 Å². The van der Waals surface area contributed by atoms with E-state index in [1.165, 1.54) is 40.2 Å². The van der Waals surface area contributed by atoms with Crippen LogP contribution in [0.4, 0.5) is 5.13 Å². The third-order valence-electron chi connectivity index (χ3n) is 3.92. The molecule has 138 valence electrons. The predicted molar refractivity (Wildman–Crippen MR) is 103 cm³/mol. The Bertz CT molecular complexity index is 1240. The van der Waals surface area contributed by atoms with E-state index in [0.717, 1.165) is 4.70 Å². The molecule has 1 amide bonds. The maximum atomic E-state index is 12.4. The molecule has 0 atom stereocenters. The first-order valence-corrected chi connectivity index (χ1v) is 8.96. The number of carbonyl (C=O) groups excluding carboxylic acids is 1. The topological polar surface area (TPSA) is 104 Å². The minimum atomic E-state index is -0.336. The molecule has 3 heterocycles. The molecule has 11 heteroatoms. The number of thiazole rings is 1. The summed E-state index contributed by atoms with van der Waals surface area (Å²) in [7, 11) is 3.11. The normalized spacial score (nSPS) is 11.2. The van der Waals surface area contributed by atoms with Gasteiger partial charge in [-0.25, -0.2) is 15.0 Å². The molecule has 0 aliphatic carbocycles. The molecule has 9 nitrogen and oxygen atoms in total. The Kier molecular flexibility index (Phi) is 4.28. The van der Waals surface area contributed by atoms with Crippen molar-refractivity contribution in [3.8, 4) is 5.75 Å². The van der Waals surface area contributed by atoms with Crippen molar-refractivity contribution in [3.05, 3.63) is 40.2 Å². The molecule has 3 aromatic heterocycles. The number of anilines is 1. The van der Waals surface area contributed by atoms with E-state index in [-0.39, 0.29) is 23.5 Å². The minimum Gasteiger partial charge on any atom is -0.495 e. The molecular weight excluding hydrogens is 392 g/mol. The summed E-state index contributed by atoms with van der Waals surface area (Å²) in [6.45, 7) is -0.0859. The number of fused-ring (bicyclic) bond motifs is 2. The number of amides is 1. The lowest BCUT2D eigenvalue weighted by atomic mass is 10.3. The van der Waals surface area contributed by atoms with Crippen molar-refractivity contribution in [2.24, 2.45) is 7.05 Å². The summed E-state index contributed by atoms with van der Waals surface area (Å²) < 4.78 is 8.80. The van der Waals surface area contributed by atoms with Gasteiger partial charge in [-0.1, -0.05) is 22.9 Å². The van der Waals surface area contributed by atoms with Crippen LogP contribution < -0.4 is 15.6 Å². The zero-order valence-electron chi connectivity index (χ0n) is 14.3. The number of hydrogen-bond acceptors (Lipinski definition) is 7. The van der Waals surface area contributed by atoms with Crippen molar-refractivity contribution in [3.63, 3.8) is 0 Å². The maximum absolute atomic E-state index is 12.4. The molecule has 4 aromatic rings. The summed E-state index contributed by atoms with van der Waals surface area (Å²) in [4.78, 5) is 37.2. The van der Waals surface area contributed by atoms with E-state index in [4.69, 9.17) is 16.3 Å². The molecular formula is C16H13ClN6O3S. The van der Waals surface area contributed by atoms with Gasteiger partial charge in [0.2, 0.25) is 5.91 Å². The number of aromatic nitrogens is 5. The zero-order valence-corrected chi connectivity index (χ0v) is 15.8. The Labute approximate surface area is 161 Å². The van der Waals surface area contributed by atoms with Gasteiger partial charge in [0, 0.05) is 13.1 Å². The fourth-order valence-corrected chi connectivity index (χ4v) is 3.83. The lowest BCUT2D eigenvalue weighted by Crippen LogP contribution is -2.23. The number of benzene rings is 1. The van der Waals surface area contributed by atoms with Crippen LogP contribution in [0.3, 0.4) is 0 Å².